The van der Waals surface area contributed by atoms with Crippen molar-refractivity contribution >= 4 is 69.3 Å². The van der Waals surface area contributed by atoms with Crippen molar-refractivity contribution in [3.63, 3.8) is 0 Å². The minimum Gasteiger partial charge on any atom is -0.481 e. The molecule has 2 amide bonds. The Balaban J connectivity index is 0.000000575. The molecule has 0 aliphatic heterocycles. The van der Waals surface area contributed by atoms with E-state index in [2.05, 4.69) is 25.7 Å². The Labute approximate surface area is 246 Å². The number of methoxy groups -OCH3 is 1. The zero-order valence-electron chi connectivity index (χ0n) is 22.4. The number of nitrogens with two attached hydrogens (primary N) is 1. The van der Waals surface area contributed by atoms with Crippen molar-refractivity contribution in [3.05, 3.63) is 89.6 Å². The van der Waals surface area contributed by atoms with Gasteiger partial charge in [0.1, 0.15) is 5.82 Å². The van der Waals surface area contributed by atoms with E-state index in [-0.39, 0.29) is 18.9 Å². The number of hydrogen-bond acceptors (Lipinski definition) is 8. The second-order valence-electron chi connectivity index (χ2n) is 8.57. The van der Waals surface area contributed by atoms with Crippen LogP contribution in [0, 0.1) is 0 Å². The number of carboxylic acids is 1. The third kappa shape index (κ3) is 9.59. The summed E-state index contributed by atoms with van der Waals surface area (Å²) in [6, 6.07) is 21.0. The molecule has 3 aromatic carbocycles. The first kappa shape index (κ1) is 31.1. The molecule has 4 rings (SSSR count). The lowest BCUT2D eigenvalue weighted by Crippen LogP contribution is -2.34. The number of carboxylic acid groups (broad SMARTS) is 1. The molecule has 1 aromatic heterocycles. The second kappa shape index (κ2) is 15.3. The van der Waals surface area contributed by atoms with Crippen LogP contribution in [0.1, 0.15) is 18.0 Å². The molecule has 1 atom stereocenters. The van der Waals surface area contributed by atoms with Crippen LogP contribution < -0.4 is 21.7 Å². The molecule has 0 bridgehead atoms. The maximum atomic E-state index is 12.7. The molecule has 0 saturated heterocycles. The molecule has 10 nitrogen and oxygen atoms in total. The number of amides is 2. The van der Waals surface area contributed by atoms with Crippen LogP contribution in [0.5, 0.6) is 0 Å². The monoisotopic (exact) mass is 595 g/mol. The first-order valence-corrected chi connectivity index (χ1v) is 13.9. The number of rotatable bonds is 9. The molecule has 12 heteroatoms. The second-order valence-corrected chi connectivity index (χ2v) is 9.86. The van der Waals surface area contributed by atoms with Gasteiger partial charge in [0.05, 0.1) is 26.1 Å². The van der Waals surface area contributed by atoms with Crippen LogP contribution >= 0.6 is 23.4 Å². The molecule has 0 fully saturated rings. The summed E-state index contributed by atoms with van der Waals surface area (Å²) in [4.78, 5) is 40.6. The van der Waals surface area contributed by atoms with Crippen molar-refractivity contribution in [1.29, 1.82) is 0 Å². The number of pyridine rings is 1. The van der Waals surface area contributed by atoms with E-state index in [0.717, 1.165) is 20.7 Å². The van der Waals surface area contributed by atoms with E-state index in [1.54, 1.807) is 30.5 Å². The summed E-state index contributed by atoms with van der Waals surface area (Å²) >= 11 is 6.94. The molecular weight excluding hydrogens is 566 g/mol. The summed E-state index contributed by atoms with van der Waals surface area (Å²) in [6.45, 7) is -0.0725. The number of thioether (sulfide) groups is 1. The van der Waals surface area contributed by atoms with Gasteiger partial charge in [-0.15, -0.1) is 11.8 Å². The Morgan fingerprint density at radius 2 is 1.78 bits per heavy atom. The SMILES string of the molecule is COC(=O)Nc1ccc(SC)c([C@@H](CC(=O)O)NC(=O)CNc2ccc3c(N)nccc3c2)c1.Clc1ccccc1. The van der Waals surface area contributed by atoms with Crippen LogP contribution in [0.15, 0.2) is 83.9 Å². The van der Waals surface area contributed by atoms with E-state index in [1.165, 1.54) is 18.9 Å². The third-order valence-electron chi connectivity index (χ3n) is 5.73. The molecule has 0 unspecified atom stereocenters. The number of benzene rings is 3. The van der Waals surface area contributed by atoms with Crippen molar-refractivity contribution in [2.24, 2.45) is 0 Å². The first-order valence-electron chi connectivity index (χ1n) is 12.3. The zero-order chi connectivity index (χ0) is 29.8. The highest BCUT2D eigenvalue weighted by Crippen LogP contribution is 2.31. The maximum Gasteiger partial charge on any atom is 0.411 e. The summed E-state index contributed by atoms with van der Waals surface area (Å²) in [7, 11) is 1.24. The summed E-state index contributed by atoms with van der Waals surface area (Å²) in [5.74, 6) is -1.04. The van der Waals surface area contributed by atoms with E-state index >= 15 is 0 Å². The third-order valence-corrected chi connectivity index (χ3v) is 6.80. The van der Waals surface area contributed by atoms with Crippen molar-refractivity contribution < 1.29 is 24.2 Å². The molecule has 0 aliphatic rings. The molecule has 0 spiro atoms. The maximum absolute atomic E-state index is 12.7. The van der Waals surface area contributed by atoms with Gasteiger partial charge < -0.3 is 26.2 Å². The van der Waals surface area contributed by atoms with Gasteiger partial charge >= 0.3 is 12.1 Å². The predicted molar refractivity (Wildman–Crippen MR) is 163 cm³/mol. The zero-order valence-corrected chi connectivity index (χ0v) is 24.0. The Bertz CT molecular complexity index is 1510. The molecule has 4 aromatic rings. The highest BCUT2D eigenvalue weighted by molar-refractivity contribution is 7.98. The number of nitrogens with one attached hydrogen (secondary N) is 3. The smallest absolute Gasteiger partial charge is 0.411 e. The van der Waals surface area contributed by atoms with Gasteiger partial charge in [-0.1, -0.05) is 29.8 Å². The summed E-state index contributed by atoms with van der Waals surface area (Å²) in [5, 5.41) is 20.3. The van der Waals surface area contributed by atoms with Crippen molar-refractivity contribution in [3.8, 4) is 0 Å². The van der Waals surface area contributed by atoms with E-state index < -0.39 is 18.1 Å². The van der Waals surface area contributed by atoms with Gasteiger partial charge in [-0.25, -0.2) is 9.78 Å². The van der Waals surface area contributed by atoms with Crippen LogP contribution in [0.2, 0.25) is 5.02 Å². The number of ether oxygens (including phenoxy) is 1. The Morgan fingerprint density at radius 3 is 2.41 bits per heavy atom. The fourth-order valence-corrected chi connectivity index (χ4v) is 4.61. The molecule has 0 saturated carbocycles. The molecular formula is C29H30ClN5O5S. The lowest BCUT2D eigenvalue weighted by atomic mass is 10.0. The van der Waals surface area contributed by atoms with Crippen molar-refractivity contribution in [2.45, 2.75) is 17.4 Å². The first-order chi connectivity index (χ1) is 19.7. The number of aromatic nitrogens is 1. The molecule has 41 heavy (non-hydrogen) atoms. The number of nitrogen functional groups attached to an aromatic ring is 1. The topological polar surface area (TPSA) is 156 Å². The molecule has 1 heterocycles. The highest BCUT2D eigenvalue weighted by Gasteiger charge is 2.22. The number of nitrogens with zero attached hydrogens (tertiary/aromatic N) is 1. The number of hydrogen-bond donors (Lipinski definition) is 5. The van der Waals surface area contributed by atoms with Gasteiger partial charge in [0.2, 0.25) is 5.91 Å². The lowest BCUT2D eigenvalue weighted by Gasteiger charge is -2.21. The number of fused-ring (bicyclic) bond motifs is 1. The van der Waals surface area contributed by atoms with Crippen LogP contribution in [-0.4, -0.2) is 48.0 Å². The standard InChI is InChI=1S/C23H25N5O5S.C6H5Cl/c1-33-23(32)27-15-4-6-19(34-2)17(10-15)18(11-21(30)31)28-20(29)12-26-14-3-5-16-13(9-14)7-8-25-22(16)24;7-6-4-2-1-3-5-6/h3-10,18,26H,11-12H2,1-2H3,(H2,24,25)(H,27,32)(H,28,29)(H,30,31);1-5H/t18-;/m1./s1. The molecule has 0 radical (unpaired) electrons. The average Bonchev–Trinajstić information content (AvgIpc) is 2.96. The van der Waals surface area contributed by atoms with Crippen LogP contribution in [0.3, 0.4) is 0 Å². The largest absolute Gasteiger partial charge is 0.481 e. The number of carbonyl (C=O) groups is 3. The summed E-state index contributed by atoms with van der Waals surface area (Å²) < 4.78 is 4.61. The van der Waals surface area contributed by atoms with Gasteiger partial charge in [-0.2, -0.15) is 0 Å². The lowest BCUT2D eigenvalue weighted by molar-refractivity contribution is -0.137. The van der Waals surface area contributed by atoms with Gasteiger partial charge in [0, 0.05) is 32.9 Å². The van der Waals surface area contributed by atoms with Gasteiger partial charge in [0.15, 0.2) is 0 Å². The van der Waals surface area contributed by atoms with Gasteiger partial charge in [-0.05, 0) is 71.8 Å². The van der Waals surface area contributed by atoms with Crippen molar-refractivity contribution in [2.75, 3.05) is 36.3 Å². The van der Waals surface area contributed by atoms with Crippen LogP contribution in [-0.2, 0) is 14.3 Å². The Hall–Kier alpha value is -4.48. The molecule has 6 N–H and O–H groups in total. The number of halogens is 1. The van der Waals surface area contributed by atoms with Crippen LogP contribution in [0.4, 0.5) is 22.0 Å². The van der Waals surface area contributed by atoms with Gasteiger partial charge in [0.25, 0.3) is 0 Å². The highest BCUT2D eigenvalue weighted by atomic mass is 35.5. The Kier molecular flexibility index (Phi) is 11.6. The van der Waals surface area contributed by atoms with E-state index in [0.29, 0.717) is 22.8 Å². The summed E-state index contributed by atoms with van der Waals surface area (Å²) in [6.07, 6.45) is 2.47. The molecule has 214 valence electrons. The number of aliphatic carboxylic acids is 1. The normalized spacial score (nSPS) is 11.0. The van der Waals surface area contributed by atoms with E-state index in [9.17, 15) is 19.5 Å². The average molecular weight is 596 g/mol. The Morgan fingerprint density at radius 1 is 1.05 bits per heavy atom. The number of carbonyl (C=O) groups excluding carboxylic acids is 2. The van der Waals surface area contributed by atoms with Gasteiger partial charge in [-0.3, -0.25) is 14.9 Å². The molecule has 0 aliphatic carbocycles. The predicted octanol–water partition coefficient (Wildman–Crippen LogP) is 5.80. The van der Waals surface area contributed by atoms with Crippen molar-refractivity contribution in [1.82, 2.24) is 10.3 Å². The fourth-order valence-electron chi connectivity index (χ4n) is 3.82. The van der Waals surface area contributed by atoms with E-state index in [1.807, 2.05) is 54.8 Å². The quantitative estimate of drug-likeness (QED) is 0.151. The minimum absolute atomic E-state index is 0.0725. The fraction of sp³-hybridized carbons (Fsp3) is 0.172. The van der Waals surface area contributed by atoms with E-state index in [4.69, 9.17) is 17.3 Å². The minimum atomic E-state index is -1.07. The summed E-state index contributed by atoms with van der Waals surface area (Å²) in [5.41, 5.74) is 7.58. The van der Waals surface area contributed by atoms with Crippen LogP contribution in [0.25, 0.3) is 10.8 Å². The number of anilines is 3.